The molecule has 0 radical (unpaired) electrons. The zero-order valence-corrected chi connectivity index (χ0v) is 15.2. The number of likely N-dealkylation sites (tertiary alicyclic amines) is 1. The van der Waals surface area contributed by atoms with Gasteiger partial charge in [-0.3, -0.25) is 0 Å². The molecule has 1 unspecified atom stereocenters. The standard InChI is InChI=1S/C17H25N5OS/c1-3-15-16(24-13(2)20-15)9-19-17(23)22-7-4-5-14(11-22)10-21-8-6-18-12-21/h6,8,12,14H,3-5,7,9-11H2,1-2H3,(H,19,23). The minimum absolute atomic E-state index is 0.0402. The van der Waals surface area contributed by atoms with E-state index >= 15 is 0 Å². The van der Waals surface area contributed by atoms with E-state index in [-0.39, 0.29) is 6.03 Å². The summed E-state index contributed by atoms with van der Waals surface area (Å²) in [7, 11) is 0. The summed E-state index contributed by atoms with van der Waals surface area (Å²) in [6, 6.07) is 0.0402. The van der Waals surface area contributed by atoms with Crippen LogP contribution in [0.4, 0.5) is 4.79 Å². The molecule has 0 saturated carbocycles. The van der Waals surface area contributed by atoms with Gasteiger partial charge in [0.05, 0.1) is 23.6 Å². The molecule has 1 aliphatic rings. The number of thiazole rings is 1. The summed E-state index contributed by atoms with van der Waals surface area (Å²) in [5, 5.41) is 4.14. The molecule has 2 aromatic rings. The third-order valence-corrected chi connectivity index (χ3v) is 5.47. The molecule has 0 aliphatic carbocycles. The van der Waals surface area contributed by atoms with Crippen LogP contribution in [0.2, 0.25) is 0 Å². The van der Waals surface area contributed by atoms with Gasteiger partial charge in [-0.15, -0.1) is 11.3 Å². The van der Waals surface area contributed by atoms with Gasteiger partial charge in [0.25, 0.3) is 0 Å². The van der Waals surface area contributed by atoms with Gasteiger partial charge in [0, 0.05) is 36.9 Å². The van der Waals surface area contributed by atoms with Crippen molar-refractivity contribution in [2.24, 2.45) is 5.92 Å². The molecular formula is C17H25N5OS. The minimum Gasteiger partial charge on any atom is -0.337 e. The lowest BCUT2D eigenvalue weighted by atomic mass is 9.98. The van der Waals surface area contributed by atoms with Crippen LogP contribution in [-0.4, -0.2) is 38.6 Å². The highest BCUT2D eigenvalue weighted by molar-refractivity contribution is 7.11. The van der Waals surface area contributed by atoms with Crippen molar-refractivity contribution in [1.82, 2.24) is 24.8 Å². The van der Waals surface area contributed by atoms with Gasteiger partial charge in [0.2, 0.25) is 0 Å². The van der Waals surface area contributed by atoms with Gasteiger partial charge in [-0.2, -0.15) is 0 Å². The van der Waals surface area contributed by atoms with E-state index in [1.807, 2.05) is 24.3 Å². The summed E-state index contributed by atoms with van der Waals surface area (Å²) in [6.07, 6.45) is 8.76. The lowest BCUT2D eigenvalue weighted by Gasteiger charge is -2.33. The van der Waals surface area contributed by atoms with E-state index in [0.29, 0.717) is 12.5 Å². The Morgan fingerprint density at radius 1 is 1.50 bits per heavy atom. The van der Waals surface area contributed by atoms with Gasteiger partial charge in [-0.25, -0.2) is 14.8 Å². The lowest BCUT2D eigenvalue weighted by molar-refractivity contribution is 0.159. The highest BCUT2D eigenvalue weighted by atomic mass is 32.1. The van der Waals surface area contributed by atoms with Crippen LogP contribution in [-0.2, 0) is 19.5 Å². The first-order valence-corrected chi connectivity index (χ1v) is 9.41. The van der Waals surface area contributed by atoms with Crippen molar-refractivity contribution in [3.63, 3.8) is 0 Å². The van der Waals surface area contributed by atoms with Gasteiger partial charge < -0.3 is 14.8 Å². The Morgan fingerprint density at radius 2 is 2.38 bits per heavy atom. The Hall–Kier alpha value is -1.89. The third kappa shape index (κ3) is 4.14. The van der Waals surface area contributed by atoms with Crippen LogP contribution in [0.3, 0.4) is 0 Å². The van der Waals surface area contributed by atoms with E-state index in [1.165, 1.54) is 4.88 Å². The molecule has 2 aromatic heterocycles. The second-order valence-electron chi connectivity index (χ2n) is 6.33. The number of aryl methyl sites for hydroxylation is 2. The van der Waals surface area contributed by atoms with Crippen molar-refractivity contribution in [3.8, 4) is 0 Å². The molecule has 3 heterocycles. The Balaban J connectivity index is 1.52. The number of rotatable bonds is 5. The Bertz CT molecular complexity index is 667. The SMILES string of the molecule is CCc1nc(C)sc1CNC(=O)N1CCCC(Cn2ccnc2)C1. The number of amides is 2. The van der Waals surface area contributed by atoms with Crippen LogP contribution in [0.5, 0.6) is 0 Å². The number of nitrogens with one attached hydrogen (secondary N) is 1. The zero-order valence-electron chi connectivity index (χ0n) is 14.4. The van der Waals surface area contributed by atoms with Crippen molar-refractivity contribution in [2.75, 3.05) is 13.1 Å². The van der Waals surface area contributed by atoms with Crippen molar-refractivity contribution >= 4 is 17.4 Å². The second kappa shape index (κ2) is 7.79. The summed E-state index contributed by atoms with van der Waals surface area (Å²) < 4.78 is 2.10. The predicted molar refractivity (Wildman–Crippen MR) is 95.0 cm³/mol. The summed E-state index contributed by atoms with van der Waals surface area (Å²) >= 11 is 1.68. The van der Waals surface area contributed by atoms with E-state index in [9.17, 15) is 4.79 Å². The molecule has 1 N–H and O–H groups in total. The molecular weight excluding hydrogens is 322 g/mol. The van der Waals surface area contributed by atoms with Crippen molar-refractivity contribution in [3.05, 3.63) is 34.3 Å². The second-order valence-corrected chi connectivity index (χ2v) is 7.62. The topological polar surface area (TPSA) is 63.1 Å². The van der Waals surface area contributed by atoms with Crippen molar-refractivity contribution in [1.29, 1.82) is 0 Å². The predicted octanol–water partition coefficient (Wildman–Crippen LogP) is 2.83. The molecule has 1 fully saturated rings. The molecule has 130 valence electrons. The average molecular weight is 347 g/mol. The first-order valence-electron chi connectivity index (χ1n) is 8.59. The smallest absolute Gasteiger partial charge is 0.317 e. The van der Waals surface area contributed by atoms with Crippen molar-refractivity contribution < 1.29 is 4.79 Å². The number of hydrogen-bond donors (Lipinski definition) is 1. The van der Waals surface area contributed by atoms with E-state index in [4.69, 9.17) is 0 Å². The first-order chi connectivity index (χ1) is 11.7. The monoisotopic (exact) mass is 347 g/mol. The quantitative estimate of drug-likeness (QED) is 0.904. The van der Waals surface area contributed by atoms with Crippen LogP contribution in [0.15, 0.2) is 18.7 Å². The van der Waals surface area contributed by atoms with Gasteiger partial charge in [0.15, 0.2) is 0 Å². The number of aromatic nitrogens is 3. The molecule has 1 aliphatic heterocycles. The van der Waals surface area contributed by atoms with Crippen LogP contribution >= 0.6 is 11.3 Å². The maximum Gasteiger partial charge on any atom is 0.317 e. The molecule has 0 spiro atoms. The Morgan fingerprint density at radius 3 is 3.12 bits per heavy atom. The summed E-state index contributed by atoms with van der Waals surface area (Å²) in [5.74, 6) is 0.496. The van der Waals surface area contributed by atoms with Gasteiger partial charge in [-0.1, -0.05) is 6.92 Å². The number of carbonyl (C=O) groups excluding carboxylic acids is 1. The number of imidazole rings is 1. The molecule has 2 amide bonds. The molecule has 6 nitrogen and oxygen atoms in total. The normalized spacial score (nSPS) is 17.9. The van der Waals surface area contributed by atoms with Crippen LogP contribution in [0.25, 0.3) is 0 Å². The number of nitrogens with zero attached hydrogens (tertiary/aromatic N) is 4. The summed E-state index contributed by atoms with van der Waals surface area (Å²) in [6.45, 7) is 7.28. The average Bonchev–Trinajstić information content (AvgIpc) is 3.22. The number of piperidine rings is 1. The number of urea groups is 1. The summed E-state index contributed by atoms with van der Waals surface area (Å²) in [5.41, 5.74) is 1.11. The van der Waals surface area contributed by atoms with Crippen molar-refractivity contribution in [2.45, 2.75) is 46.2 Å². The summed E-state index contributed by atoms with van der Waals surface area (Å²) in [4.78, 5) is 24.2. The highest BCUT2D eigenvalue weighted by Gasteiger charge is 2.24. The third-order valence-electron chi connectivity index (χ3n) is 4.45. The van der Waals surface area contributed by atoms with Crippen LogP contribution in [0.1, 0.15) is 35.3 Å². The number of carbonyl (C=O) groups is 1. The van der Waals surface area contributed by atoms with Gasteiger partial charge in [-0.05, 0) is 32.1 Å². The fraction of sp³-hybridized carbons (Fsp3) is 0.588. The maximum absolute atomic E-state index is 12.5. The molecule has 1 atom stereocenters. The molecule has 0 aromatic carbocycles. The number of hydrogen-bond acceptors (Lipinski definition) is 4. The molecule has 0 bridgehead atoms. The van der Waals surface area contributed by atoms with Crippen LogP contribution < -0.4 is 5.32 Å². The Kier molecular flexibility index (Phi) is 5.50. The van der Waals surface area contributed by atoms with Gasteiger partial charge in [0.1, 0.15) is 0 Å². The van der Waals surface area contributed by atoms with Gasteiger partial charge >= 0.3 is 6.03 Å². The molecule has 24 heavy (non-hydrogen) atoms. The zero-order chi connectivity index (χ0) is 16.9. The van der Waals surface area contributed by atoms with E-state index in [2.05, 4.69) is 26.8 Å². The molecule has 3 rings (SSSR count). The first kappa shape index (κ1) is 17.0. The molecule has 1 saturated heterocycles. The van der Waals surface area contributed by atoms with E-state index in [0.717, 1.165) is 49.6 Å². The highest BCUT2D eigenvalue weighted by Crippen LogP contribution is 2.20. The van der Waals surface area contributed by atoms with E-state index < -0.39 is 0 Å². The fourth-order valence-corrected chi connectivity index (χ4v) is 4.25. The van der Waals surface area contributed by atoms with E-state index in [1.54, 1.807) is 17.5 Å². The largest absolute Gasteiger partial charge is 0.337 e. The Labute approximate surface area is 146 Å². The fourth-order valence-electron chi connectivity index (χ4n) is 3.29. The van der Waals surface area contributed by atoms with Crippen LogP contribution in [0, 0.1) is 12.8 Å². The lowest BCUT2D eigenvalue weighted by Crippen LogP contribution is -2.46. The maximum atomic E-state index is 12.5. The minimum atomic E-state index is 0.0402. The molecule has 7 heteroatoms.